The Balaban J connectivity index is 1.77. The summed E-state index contributed by atoms with van der Waals surface area (Å²) in [6.07, 6.45) is -0.602. The second kappa shape index (κ2) is 10.7. The largest absolute Gasteiger partial charge is 0.389 e. The second-order valence-corrected chi connectivity index (χ2v) is 9.75. The third-order valence-corrected chi connectivity index (χ3v) is 6.06. The molecule has 0 aliphatic rings. The highest BCUT2D eigenvalue weighted by Gasteiger charge is 2.19. The van der Waals surface area contributed by atoms with Crippen LogP contribution in [0.2, 0.25) is 5.02 Å². The summed E-state index contributed by atoms with van der Waals surface area (Å²) in [5.74, 6) is 1.02. The first kappa shape index (κ1) is 23.9. The Kier molecular flexibility index (Phi) is 8.24. The Labute approximate surface area is 191 Å². The minimum Gasteiger partial charge on any atom is -0.389 e. The van der Waals surface area contributed by atoms with Crippen molar-refractivity contribution in [1.29, 1.82) is 0 Å². The molecule has 31 heavy (non-hydrogen) atoms. The van der Waals surface area contributed by atoms with E-state index in [1.807, 2.05) is 29.6 Å². The van der Waals surface area contributed by atoms with Crippen molar-refractivity contribution in [3.63, 3.8) is 0 Å². The lowest BCUT2D eigenvalue weighted by molar-refractivity contribution is 0.00129. The molecule has 8 heteroatoms. The first-order valence-electron chi connectivity index (χ1n) is 10.5. The normalized spacial score (nSPS) is 13.1. The highest BCUT2D eigenvalue weighted by atomic mass is 35.5. The van der Waals surface area contributed by atoms with Gasteiger partial charge in [-0.25, -0.2) is 4.98 Å². The van der Waals surface area contributed by atoms with E-state index in [1.165, 1.54) is 11.3 Å². The number of hydrogen-bond acceptors (Lipinski definition) is 6. The number of ether oxygens (including phenoxy) is 1. The minimum absolute atomic E-state index is 0.157. The highest BCUT2D eigenvalue weighted by Crippen LogP contribution is 2.31. The van der Waals surface area contributed by atoms with Crippen LogP contribution >= 0.6 is 22.9 Å². The van der Waals surface area contributed by atoms with Gasteiger partial charge in [0.05, 0.1) is 24.6 Å². The van der Waals surface area contributed by atoms with Crippen molar-refractivity contribution in [2.75, 3.05) is 19.8 Å². The molecule has 2 aromatic heterocycles. The number of benzene rings is 1. The van der Waals surface area contributed by atoms with Crippen LogP contribution < -0.4 is 5.56 Å². The molecule has 0 spiro atoms. The number of aromatic nitrogens is 2. The molecule has 2 heterocycles. The van der Waals surface area contributed by atoms with Gasteiger partial charge in [-0.1, -0.05) is 37.6 Å². The Bertz CT molecular complexity index is 1050. The van der Waals surface area contributed by atoms with Crippen LogP contribution in [0.15, 0.2) is 34.4 Å². The van der Waals surface area contributed by atoms with Crippen molar-refractivity contribution in [1.82, 2.24) is 14.9 Å². The molecular weight excluding hydrogens is 434 g/mol. The molecule has 1 unspecified atom stereocenters. The third kappa shape index (κ3) is 6.37. The summed E-state index contributed by atoms with van der Waals surface area (Å²) in [7, 11) is 0. The van der Waals surface area contributed by atoms with Gasteiger partial charge in [0.2, 0.25) is 0 Å². The van der Waals surface area contributed by atoms with Crippen LogP contribution in [0.3, 0.4) is 0 Å². The molecule has 1 aromatic carbocycles. The Morgan fingerprint density at radius 3 is 2.55 bits per heavy atom. The van der Waals surface area contributed by atoms with Gasteiger partial charge in [0.1, 0.15) is 10.7 Å². The number of halogens is 1. The number of H-pyrrole nitrogens is 1. The smallest absolute Gasteiger partial charge is 0.260 e. The Hall–Kier alpha value is -1.77. The van der Waals surface area contributed by atoms with Crippen LogP contribution in [0.25, 0.3) is 21.3 Å². The zero-order valence-electron chi connectivity index (χ0n) is 18.4. The summed E-state index contributed by atoms with van der Waals surface area (Å²) >= 11 is 7.44. The zero-order valence-corrected chi connectivity index (χ0v) is 20.0. The van der Waals surface area contributed by atoms with Crippen LogP contribution in [-0.2, 0) is 11.3 Å². The van der Waals surface area contributed by atoms with E-state index < -0.39 is 6.10 Å². The van der Waals surface area contributed by atoms with Crippen LogP contribution in [-0.4, -0.2) is 51.9 Å². The van der Waals surface area contributed by atoms with Gasteiger partial charge in [-0.05, 0) is 37.5 Å². The molecule has 0 saturated carbocycles. The second-order valence-electron chi connectivity index (χ2n) is 8.46. The van der Waals surface area contributed by atoms with Crippen molar-refractivity contribution in [2.24, 2.45) is 5.92 Å². The SMILES string of the molecule is CC(C)COCC(O)CN(Cc1nc2scc(-c3ccc(Cl)cc3)c2c(=O)[nH]1)C(C)C. The summed E-state index contributed by atoms with van der Waals surface area (Å²) in [5, 5.41) is 13.6. The van der Waals surface area contributed by atoms with Gasteiger partial charge < -0.3 is 14.8 Å². The molecule has 0 amide bonds. The lowest BCUT2D eigenvalue weighted by atomic mass is 10.1. The van der Waals surface area contributed by atoms with Gasteiger partial charge in [-0.15, -0.1) is 11.3 Å². The Morgan fingerprint density at radius 2 is 1.90 bits per heavy atom. The summed E-state index contributed by atoms with van der Waals surface area (Å²) in [5.41, 5.74) is 1.63. The minimum atomic E-state index is -0.602. The zero-order chi connectivity index (χ0) is 22.5. The molecule has 0 radical (unpaired) electrons. The van der Waals surface area contributed by atoms with E-state index in [4.69, 9.17) is 21.3 Å². The monoisotopic (exact) mass is 463 g/mol. The van der Waals surface area contributed by atoms with Gasteiger partial charge in [0.25, 0.3) is 5.56 Å². The number of aromatic amines is 1. The molecule has 0 aliphatic carbocycles. The number of nitrogens with zero attached hydrogens (tertiary/aromatic N) is 2. The quantitative estimate of drug-likeness (QED) is 0.461. The van der Waals surface area contributed by atoms with E-state index in [2.05, 4.69) is 37.6 Å². The highest BCUT2D eigenvalue weighted by molar-refractivity contribution is 7.17. The van der Waals surface area contributed by atoms with Crippen LogP contribution in [0.1, 0.15) is 33.5 Å². The molecule has 0 bridgehead atoms. The molecule has 3 aromatic rings. The number of fused-ring (bicyclic) bond motifs is 1. The van der Waals surface area contributed by atoms with Crippen molar-refractivity contribution in [2.45, 2.75) is 46.4 Å². The molecular formula is C23H30ClN3O3S. The summed E-state index contributed by atoms with van der Waals surface area (Å²) in [6, 6.07) is 7.61. The fourth-order valence-electron chi connectivity index (χ4n) is 3.32. The van der Waals surface area contributed by atoms with E-state index in [1.54, 1.807) is 0 Å². The fourth-order valence-corrected chi connectivity index (χ4v) is 4.42. The third-order valence-electron chi connectivity index (χ3n) is 4.94. The first-order valence-corrected chi connectivity index (χ1v) is 11.8. The maximum absolute atomic E-state index is 12.9. The van der Waals surface area contributed by atoms with Gasteiger partial charge >= 0.3 is 0 Å². The van der Waals surface area contributed by atoms with Crippen molar-refractivity contribution < 1.29 is 9.84 Å². The molecule has 0 aliphatic heterocycles. The van der Waals surface area contributed by atoms with E-state index in [-0.39, 0.29) is 11.6 Å². The molecule has 168 valence electrons. The van der Waals surface area contributed by atoms with Gasteiger partial charge in [0, 0.05) is 35.2 Å². The van der Waals surface area contributed by atoms with Crippen molar-refractivity contribution >= 4 is 33.2 Å². The summed E-state index contributed by atoms with van der Waals surface area (Å²) in [4.78, 5) is 23.3. The average molecular weight is 464 g/mol. The number of rotatable bonds is 10. The number of aliphatic hydroxyl groups excluding tert-OH is 1. The number of hydrogen-bond donors (Lipinski definition) is 2. The summed E-state index contributed by atoms with van der Waals surface area (Å²) in [6.45, 7) is 10.1. The van der Waals surface area contributed by atoms with Crippen molar-refractivity contribution in [3.05, 3.63) is 50.8 Å². The van der Waals surface area contributed by atoms with Crippen LogP contribution in [0, 0.1) is 5.92 Å². The lowest BCUT2D eigenvalue weighted by Crippen LogP contribution is -2.39. The van der Waals surface area contributed by atoms with Gasteiger partial charge in [0.15, 0.2) is 0 Å². The van der Waals surface area contributed by atoms with E-state index in [0.29, 0.717) is 53.3 Å². The predicted octanol–water partition coefficient (Wildman–Crippen LogP) is 4.55. The van der Waals surface area contributed by atoms with Gasteiger partial charge in [-0.2, -0.15) is 0 Å². The molecule has 1 atom stereocenters. The maximum atomic E-state index is 12.9. The molecule has 0 fully saturated rings. The molecule has 6 nitrogen and oxygen atoms in total. The van der Waals surface area contributed by atoms with Crippen molar-refractivity contribution in [3.8, 4) is 11.1 Å². The first-order chi connectivity index (χ1) is 14.7. The van der Waals surface area contributed by atoms with E-state index >= 15 is 0 Å². The maximum Gasteiger partial charge on any atom is 0.260 e. The van der Waals surface area contributed by atoms with Gasteiger partial charge in [-0.3, -0.25) is 9.69 Å². The van der Waals surface area contributed by atoms with E-state index in [9.17, 15) is 9.90 Å². The molecule has 0 saturated heterocycles. The number of aliphatic hydroxyl groups is 1. The standard InChI is InChI=1S/C23H30ClN3O3S/c1-14(2)11-30-12-18(28)9-27(15(3)4)10-20-25-22(29)21-19(13-31-23(21)26-20)16-5-7-17(24)8-6-16/h5-8,13-15,18,28H,9-12H2,1-4H3,(H,25,26,29). The topological polar surface area (TPSA) is 78.5 Å². The lowest BCUT2D eigenvalue weighted by Gasteiger charge is -2.28. The van der Waals surface area contributed by atoms with E-state index in [0.717, 1.165) is 11.1 Å². The summed E-state index contributed by atoms with van der Waals surface area (Å²) < 4.78 is 5.56. The van der Waals surface area contributed by atoms with Crippen LogP contribution in [0.5, 0.6) is 0 Å². The molecule has 3 rings (SSSR count). The average Bonchev–Trinajstić information content (AvgIpc) is 3.12. The Morgan fingerprint density at radius 1 is 1.19 bits per heavy atom. The number of thiophene rings is 1. The molecule has 2 N–H and O–H groups in total. The van der Waals surface area contributed by atoms with Crippen LogP contribution in [0.4, 0.5) is 0 Å². The number of nitrogens with one attached hydrogen (secondary N) is 1. The predicted molar refractivity (Wildman–Crippen MR) is 128 cm³/mol. The fraction of sp³-hybridized carbons (Fsp3) is 0.478.